The number of hydrogen-bond donors (Lipinski definition) is 0. The number of anilines is 1. The number of benzene rings is 1. The SMILES string of the molecule is O=C(c1ccc(Sc2ccccn2)cc1)N1CCN(c2ccc(Cl)cn2)CC1. The Labute approximate surface area is 173 Å². The number of pyridine rings is 2. The molecule has 28 heavy (non-hydrogen) atoms. The number of nitrogens with zero attached hydrogens (tertiary/aromatic N) is 4. The molecule has 1 aliphatic rings. The van der Waals surface area contributed by atoms with E-state index in [-0.39, 0.29) is 5.91 Å². The molecule has 0 unspecified atom stereocenters. The smallest absolute Gasteiger partial charge is 0.253 e. The third-order valence-corrected chi connectivity index (χ3v) is 5.75. The Balaban J connectivity index is 1.35. The zero-order chi connectivity index (χ0) is 19.3. The highest BCUT2D eigenvalue weighted by Gasteiger charge is 2.22. The van der Waals surface area contributed by atoms with Gasteiger partial charge in [0.15, 0.2) is 0 Å². The molecule has 1 amide bonds. The van der Waals surface area contributed by atoms with Crippen molar-refractivity contribution in [2.45, 2.75) is 9.92 Å². The molecule has 0 N–H and O–H groups in total. The van der Waals surface area contributed by atoms with Gasteiger partial charge in [0.2, 0.25) is 0 Å². The lowest BCUT2D eigenvalue weighted by Crippen LogP contribution is -2.49. The first kappa shape index (κ1) is 18.8. The number of carbonyl (C=O) groups is 1. The summed E-state index contributed by atoms with van der Waals surface area (Å²) in [7, 11) is 0. The Morgan fingerprint density at radius 3 is 2.36 bits per heavy atom. The number of piperazine rings is 1. The molecular formula is C21H19ClN4OS. The summed E-state index contributed by atoms with van der Waals surface area (Å²) in [6.07, 6.45) is 3.43. The molecule has 142 valence electrons. The van der Waals surface area contributed by atoms with Crippen molar-refractivity contribution in [3.05, 3.63) is 77.6 Å². The number of carbonyl (C=O) groups excluding carboxylic acids is 1. The Hall–Kier alpha value is -2.57. The van der Waals surface area contributed by atoms with Gasteiger partial charge in [-0.3, -0.25) is 4.79 Å². The molecule has 1 saturated heterocycles. The summed E-state index contributed by atoms with van der Waals surface area (Å²) >= 11 is 7.48. The van der Waals surface area contributed by atoms with Crippen molar-refractivity contribution in [3.8, 4) is 0 Å². The van der Waals surface area contributed by atoms with Crippen LogP contribution in [0.15, 0.2) is 76.9 Å². The number of halogens is 1. The molecule has 5 nitrogen and oxygen atoms in total. The van der Waals surface area contributed by atoms with Crippen molar-refractivity contribution in [1.82, 2.24) is 14.9 Å². The van der Waals surface area contributed by atoms with Gasteiger partial charge in [-0.25, -0.2) is 9.97 Å². The Bertz CT molecular complexity index is 927. The van der Waals surface area contributed by atoms with Crippen molar-refractivity contribution >= 4 is 35.1 Å². The lowest BCUT2D eigenvalue weighted by atomic mass is 10.2. The van der Waals surface area contributed by atoms with E-state index in [1.54, 1.807) is 24.2 Å². The fourth-order valence-corrected chi connectivity index (χ4v) is 3.96. The molecule has 1 fully saturated rings. The molecule has 4 rings (SSSR count). The highest BCUT2D eigenvalue weighted by Crippen LogP contribution is 2.26. The summed E-state index contributed by atoms with van der Waals surface area (Å²) < 4.78 is 0. The normalized spacial score (nSPS) is 14.2. The van der Waals surface area contributed by atoms with Crippen LogP contribution in [0.2, 0.25) is 5.02 Å². The molecular weight excluding hydrogens is 392 g/mol. The number of hydrogen-bond acceptors (Lipinski definition) is 5. The highest BCUT2D eigenvalue weighted by molar-refractivity contribution is 7.99. The summed E-state index contributed by atoms with van der Waals surface area (Å²) in [6, 6.07) is 17.3. The minimum absolute atomic E-state index is 0.0677. The van der Waals surface area contributed by atoms with Crippen LogP contribution in [-0.4, -0.2) is 47.0 Å². The largest absolute Gasteiger partial charge is 0.353 e. The minimum atomic E-state index is 0.0677. The monoisotopic (exact) mass is 410 g/mol. The molecule has 1 aliphatic heterocycles. The van der Waals surface area contributed by atoms with Crippen LogP contribution >= 0.6 is 23.4 Å². The molecule has 1 aromatic carbocycles. The quantitative estimate of drug-likeness (QED) is 0.643. The number of aromatic nitrogens is 2. The second-order valence-electron chi connectivity index (χ2n) is 6.41. The summed E-state index contributed by atoms with van der Waals surface area (Å²) in [5.74, 6) is 0.963. The highest BCUT2D eigenvalue weighted by atomic mass is 35.5. The molecule has 7 heteroatoms. The first-order chi connectivity index (χ1) is 13.7. The summed E-state index contributed by atoms with van der Waals surface area (Å²) in [5, 5.41) is 1.57. The van der Waals surface area contributed by atoms with Gasteiger partial charge in [0.25, 0.3) is 5.91 Å². The van der Waals surface area contributed by atoms with Crippen LogP contribution in [0.4, 0.5) is 5.82 Å². The standard InChI is InChI=1S/C21H19ClN4OS/c22-17-6-9-19(24-15-17)25-11-13-26(14-12-25)21(27)16-4-7-18(8-5-16)28-20-3-1-2-10-23-20/h1-10,15H,11-14H2. The lowest BCUT2D eigenvalue weighted by Gasteiger charge is -2.35. The van der Waals surface area contributed by atoms with E-state index in [4.69, 9.17) is 11.6 Å². The van der Waals surface area contributed by atoms with E-state index >= 15 is 0 Å². The van der Waals surface area contributed by atoms with Crippen LogP contribution in [0, 0.1) is 0 Å². The van der Waals surface area contributed by atoms with Crippen molar-refractivity contribution in [2.24, 2.45) is 0 Å². The number of rotatable bonds is 4. The molecule has 0 bridgehead atoms. The molecule has 3 aromatic rings. The third kappa shape index (κ3) is 4.46. The van der Waals surface area contributed by atoms with E-state index < -0.39 is 0 Å². The first-order valence-corrected chi connectivity index (χ1v) is 10.2. The van der Waals surface area contributed by atoms with Crippen LogP contribution in [-0.2, 0) is 0 Å². The van der Waals surface area contributed by atoms with Gasteiger partial charge < -0.3 is 9.80 Å². The summed E-state index contributed by atoms with van der Waals surface area (Å²) in [5.41, 5.74) is 0.712. The van der Waals surface area contributed by atoms with Crippen molar-refractivity contribution < 1.29 is 4.79 Å². The van der Waals surface area contributed by atoms with E-state index in [2.05, 4.69) is 14.9 Å². The van der Waals surface area contributed by atoms with Gasteiger partial charge in [-0.1, -0.05) is 29.4 Å². The molecule has 2 aromatic heterocycles. The third-order valence-electron chi connectivity index (χ3n) is 4.56. The Morgan fingerprint density at radius 1 is 0.929 bits per heavy atom. The maximum atomic E-state index is 12.8. The van der Waals surface area contributed by atoms with Gasteiger partial charge in [-0.15, -0.1) is 0 Å². The Kier molecular flexibility index (Phi) is 5.78. The van der Waals surface area contributed by atoms with Crippen LogP contribution in [0.1, 0.15) is 10.4 Å². The molecule has 0 saturated carbocycles. The average Bonchev–Trinajstić information content (AvgIpc) is 2.75. The van der Waals surface area contributed by atoms with Crippen molar-refractivity contribution in [2.75, 3.05) is 31.1 Å². The average molecular weight is 411 g/mol. The minimum Gasteiger partial charge on any atom is -0.353 e. The van der Waals surface area contributed by atoms with Crippen molar-refractivity contribution in [3.63, 3.8) is 0 Å². The summed E-state index contributed by atoms with van der Waals surface area (Å²) in [6.45, 7) is 2.86. The van der Waals surface area contributed by atoms with Gasteiger partial charge in [-0.2, -0.15) is 0 Å². The summed E-state index contributed by atoms with van der Waals surface area (Å²) in [4.78, 5) is 26.6. The topological polar surface area (TPSA) is 49.3 Å². The van der Waals surface area contributed by atoms with Crippen LogP contribution in [0.5, 0.6) is 0 Å². The van der Waals surface area contributed by atoms with Crippen LogP contribution < -0.4 is 4.90 Å². The van der Waals surface area contributed by atoms with Crippen LogP contribution in [0.25, 0.3) is 0 Å². The van der Waals surface area contributed by atoms with E-state index in [9.17, 15) is 4.79 Å². The maximum absolute atomic E-state index is 12.8. The Morgan fingerprint density at radius 2 is 1.71 bits per heavy atom. The second kappa shape index (κ2) is 8.63. The van der Waals surface area contributed by atoms with Crippen molar-refractivity contribution in [1.29, 1.82) is 0 Å². The van der Waals surface area contributed by atoms with E-state index in [1.807, 2.05) is 59.5 Å². The van der Waals surface area contributed by atoms with E-state index in [0.717, 1.165) is 28.8 Å². The predicted molar refractivity (Wildman–Crippen MR) is 112 cm³/mol. The first-order valence-electron chi connectivity index (χ1n) is 9.04. The zero-order valence-electron chi connectivity index (χ0n) is 15.2. The number of amides is 1. The lowest BCUT2D eigenvalue weighted by molar-refractivity contribution is 0.0746. The maximum Gasteiger partial charge on any atom is 0.253 e. The molecule has 0 radical (unpaired) electrons. The molecule has 0 atom stereocenters. The molecule has 0 aliphatic carbocycles. The molecule has 3 heterocycles. The predicted octanol–water partition coefficient (Wildman–Crippen LogP) is 4.24. The fourth-order valence-electron chi connectivity index (χ4n) is 3.07. The molecule has 0 spiro atoms. The van der Waals surface area contributed by atoms with Gasteiger partial charge in [-0.05, 0) is 48.5 Å². The van der Waals surface area contributed by atoms with Crippen LogP contribution in [0.3, 0.4) is 0 Å². The van der Waals surface area contributed by atoms with E-state index in [1.165, 1.54) is 0 Å². The fraction of sp³-hybridized carbons (Fsp3) is 0.190. The van der Waals surface area contributed by atoms with Gasteiger partial charge in [0.05, 0.1) is 5.02 Å². The zero-order valence-corrected chi connectivity index (χ0v) is 16.7. The van der Waals surface area contributed by atoms with Gasteiger partial charge >= 0.3 is 0 Å². The van der Waals surface area contributed by atoms with E-state index in [0.29, 0.717) is 23.7 Å². The second-order valence-corrected chi connectivity index (χ2v) is 7.94. The van der Waals surface area contributed by atoms with Gasteiger partial charge in [0, 0.05) is 49.0 Å². The van der Waals surface area contributed by atoms with Gasteiger partial charge in [0.1, 0.15) is 10.8 Å².